The largest absolute Gasteiger partial charge is 0.347 e. The van der Waals surface area contributed by atoms with Crippen molar-refractivity contribution in [3.63, 3.8) is 0 Å². The Bertz CT molecular complexity index is 1150. The van der Waals surface area contributed by atoms with Gasteiger partial charge in [0.05, 0.1) is 0 Å². The highest BCUT2D eigenvalue weighted by Gasteiger charge is 2.14. The van der Waals surface area contributed by atoms with Gasteiger partial charge in [-0.1, -0.05) is 54.6 Å². The summed E-state index contributed by atoms with van der Waals surface area (Å²) in [5, 5.41) is 6.21. The van der Waals surface area contributed by atoms with Crippen LogP contribution in [0.5, 0.6) is 0 Å². The number of para-hydroxylation sites is 1. The summed E-state index contributed by atoms with van der Waals surface area (Å²) in [5.74, 6) is 0.775. The highest BCUT2D eigenvalue weighted by Crippen LogP contribution is 2.22. The molecular formula is C24H21N5O. The Labute approximate surface area is 175 Å². The van der Waals surface area contributed by atoms with Crippen molar-refractivity contribution in [3.8, 4) is 11.4 Å². The van der Waals surface area contributed by atoms with E-state index in [0.717, 1.165) is 22.4 Å². The summed E-state index contributed by atoms with van der Waals surface area (Å²) in [7, 11) is 0. The Kier molecular flexibility index (Phi) is 5.75. The van der Waals surface area contributed by atoms with E-state index in [1.165, 1.54) is 0 Å². The van der Waals surface area contributed by atoms with Gasteiger partial charge < -0.3 is 10.6 Å². The lowest BCUT2D eigenvalue weighted by Gasteiger charge is -2.12. The number of aryl methyl sites for hydroxylation is 1. The summed E-state index contributed by atoms with van der Waals surface area (Å²) < 4.78 is 0. The van der Waals surface area contributed by atoms with Crippen LogP contribution in [0.3, 0.4) is 0 Å². The van der Waals surface area contributed by atoms with Gasteiger partial charge in [0.25, 0.3) is 5.91 Å². The van der Waals surface area contributed by atoms with Crippen LogP contribution < -0.4 is 10.6 Å². The molecule has 4 rings (SSSR count). The van der Waals surface area contributed by atoms with E-state index in [-0.39, 0.29) is 5.91 Å². The van der Waals surface area contributed by atoms with Crippen molar-refractivity contribution in [2.24, 2.45) is 0 Å². The molecular weight excluding hydrogens is 374 g/mol. The predicted octanol–water partition coefficient (Wildman–Crippen LogP) is 4.52. The molecule has 4 aromatic rings. The molecule has 1 amide bonds. The summed E-state index contributed by atoms with van der Waals surface area (Å²) in [6.07, 6.45) is 3.42. The molecule has 0 atom stereocenters. The van der Waals surface area contributed by atoms with Gasteiger partial charge >= 0.3 is 0 Å². The molecule has 0 spiro atoms. The Balaban J connectivity index is 1.65. The zero-order valence-electron chi connectivity index (χ0n) is 16.5. The van der Waals surface area contributed by atoms with Crippen molar-refractivity contribution in [2.75, 3.05) is 5.32 Å². The molecule has 2 aromatic carbocycles. The molecule has 0 aliphatic heterocycles. The summed E-state index contributed by atoms with van der Waals surface area (Å²) in [6.45, 7) is 2.39. The van der Waals surface area contributed by atoms with Gasteiger partial charge in [-0.05, 0) is 30.2 Å². The van der Waals surface area contributed by atoms with E-state index in [9.17, 15) is 4.79 Å². The molecule has 148 valence electrons. The first kappa shape index (κ1) is 19.3. The fourth-order valence-electron chi connectivity index (χ4n) is 2.97. The van der Waals surface area contributed by atoms with Gasteiger partial charge in [-0.25, -0.2) is 9.97 Å². The van der Waals surface area contributed by atoms with Crippen LogP contribution in [-0.4, -0.2) is 20.9 Å². The van der Waals surface area contributed by atoms with Gasteiger partial charge in [0.1, 0.15) is 11.5 Å². The minimum absolute atomic E-state index is 0.272. The van der Waals surface area contributed by atoms with Crippen molar-refractivity contribution in [3.05, 3.63) is 102 Å². The Morgan fingerprint density at radius 2 is 1.73 bits per heavy atom. The first-order chi connectivity index (χ1) is 14.7. The van der Waals surface area contributed by atoms with Crippen molar-refractivity contribution < 1.29 is 4.79 Å². The molecule has 0 radical (unpaired) electrons. The topological polar surface area (TPSA) is 79.8 Å². The number of carbonyl (C=O) groups is 1. The van der Waals surface area contributed by atoms with Crippen LogP contribution in [0.1, 0.15) is 21.6 Å². The molecule has 2 N–H and O–H groups in total. The molecule has 6 nitrogen and oxygen atoms in total. The molecule has 2 aromatic heterocycles. The van der Waals surface area contributed by atoms with Crippen LogP contribution in [-0.2, 0) is 6.54 Å². The van der Waals surface area contributed by atoms with Gasteiger partial charge in [-0.15, -0.1) is 0 Å². The van der Waals surface area contributed by atoms with Crippen molar-refractivity contribution in [1.82, 2.24) is 20.3 Å². The summed E-state index contributed by atoms with van der Waals surface area (Å²) in [4.78, 5) is 26.0. The van der Waals surface area contributed by atoms with E-state index in [2.05, 4.69) is 25.6 Å². The van der Waals surface area contributed by atoms with Gasteiger partial charge in [-0.2, -0.15) is 0 Å². The fraction of sp³-hybridized carbons (Fsp3) is 0.0833. The van der Waals surface area contributed by atoms with E-state index in [4.69, 9.17) is 0 Å². The number of carbonyl (C=O) groups excluding carboxylic acids is 1. The number of benzene rings is 2. The van der Waals surface area contributed by atoms with E-state index in [1.54, 1.807) is 18.5 Å². The summed E-state index contributed by atoms with van der Waals surface area (Å²) in [5.41, 5.74) is 4.06. The van der Waals surface area contributed by atoms with Crippen LogP contribution >= 0.6 is 0 Å². The summed E-state index contributed by atoms with van der Waals surface area (Å²) in [6, 6.07) is 22.9. The van der Waals surface area contributed by atoms with Crippen LogP contribution in [0.25, 0.3) is 11.4 Å². The maximum Gasteiger partial charge on any atom is 0.270 e. The van der Waals surface area contributed by atoms with E-state index < -0.39 is 0 Å². The van der Waals surface area contributed by atoms with Crippen LogP contribution in [0, 0.1) is 6.92 Å². The van der Waals surface area contributed by atoms with Crippen LogP contribution in [0.15, 0.2) is 85.2 Å². The Morgan fingerprint density at radius 1 is 0.933 bits per heavy atom. The lowest BCUT2D eigenvalue weighted by Crippen LogP contribution is -2.24. The van der Waals surface area contributed by atoms with E-state index in [0.29, 0.717) is 23.9 Å². The van der Waals surface area contributed by atoms with Gasteiger partial charge in [0.15, 0.2) is 5.82 Å². The molecule has 30 heavy (non-hydrogen) atoms. The van der Waals surface area contributed by atoms with Crippen molar-refractivity contribution >= 4 is 17.4 Å². The first-order valence-corrected chi connectivity index (χ1v) is 9.63. The first-order valence-electron chi connectivity index (χ1n) is 9.63. The monoisotopic (exact) mass is 395 g/mol. The van der Waals surface area contributed by atoms with E-state index in [1.807, 2.05) is 73.7 Å². The fourth-order valence-corrected chi connectivity index (χ4v) is 2.97. The number of anilines is 2. The SMILES string of the molecule is Cc1ccccc1Nc1cc(C(=O)NCc2cccnc2)nc(-c2ccccc2)n1. The number of hydrogen-bond donors (Lipinski definition) is 2. The third-order valence-corrected chi connectivity index (χ3v) is 4.57. The Morgan fingerprint density at radius 3 is 2.50 bits per heavy atom. The number of rotatable bonds is 6. The average molecular weight is 395 g/mol. The molecule has 0 aliphatic carbocycles. The Hall–Kier alpha value is -4.06. The van der Waals surface area contributed by atoms with Gasteiger partial charge in [-0.3, -0.25) is 9.78 Å². The molecule has 0 aliphatic rings. The number of nitrogens with zero attached hydrogens (tertiary/aromatic N) is 3. The second-order valence-electron chi connectivity index (χ2n) is 6.81. The third-order valence-electron chi connectivity index (χ3n) is 4.57. The minimum atomic E-state index is -0.272. The smallest absolute Gasteiger partial charge is 0.270 e. The van der Waals surface area contributed by atoms with Crippen molar-refractivity contribution in [2.45, 2.75) is 13.5 Å². The normalized spacial score (nSPS) is 10.4. The molecule has 2 heterocycles. The number of amides is 1. The van der Waals surface area contributed by atoms with Gasteiger partial charge in [0, 0.05) is 36.3 Å². The van der Waals surface area contributed by atoms with Crippen LogP contribution in [0.2, 0.25) is 0 Å². The number of nitrogens with one attached hydrogen (secondary N) is 2. The lowest BCUT2D eigenvalue weighted by molar-refractivity contribution is 0.0946. The summed E-state index contributed by atoms with van der Waals surface area (Å²) >= 11 is 0. The molecule has 0 saturated carbocycles. The minimum Gasteiger partial charge on any atom is -0.347 e. The quantitative estimate of drug-likeness (QED) is 0.502. The average Bonchev–Trinajstić information content (AvgIpc) is 2.80. The van der Waals surface area contributed by atoms with Gasteiger partial charge in [0.2, 0.25) is 0 Å². The second kappa shape index (κ2) is 8.96. The highest BCUT2D eigenvalue weighted by atomic mass is 16.1. The highest BCUT2D eigenvalue weighted by molar-refractivity contribution is 5.93. The van der Waals surface area contributed by atoms with Crippen LogP contribution in [0.4, 0.5) is 11.5 Å². The third kappa shape index (κ3) is 4.67. The number of hydrogen-bond acceptors (Lipinski definition) is 5. The maximum atomic E-state index is 12.8. The second-order valence-corrected chi connectivity index (χ2v) is 6.81. The van der Waals surface area contributed by atoms with Crippen molar-refractivity contribution in [1.29, 1.82) is 0 Å². The standard InChI is InChI=1S/C24H21N5O/c1-17-8-5-6-12-20(17)27-22-14-21(24(30)26-16-18-9-7-13-25-15-18)28-23(29-22)19-10-3-2-4-11-19/h2-15H,16H2,1H3,(H,26,30)(H,27,28,29). The molecule has 0 saturated heterocycles. The molecule has 6 heteroatoms. The molecule has 0 bridgehead atoms. The zero-order valence-corrected chi connectivity index (χ0v) is 16.5. The lowest BCUT2D eigenvalue weighted by atomic mass is 10.2. The maximum absolute atomic E-state index is 12.8. The van der Waals surface area contributed by atoms with E-state index >= 15 is 0 Å². The number of aromatic nitrogens is 3. The number of pyridine rings is 1. The molecule has 0 fully saturated rings. The zero-order chi connectivity index (χ0) is 20.8. The molecule has 0 unspecified atom stereocenters. The predicted molar refractivity (Wildman–Crippen MR) is 117 cm³/mol.